The summed E-state index contributed by atoms with van der Waals surface area (Å²) in [5.74, 6) is -0.0278. The summed E-state index contributed by atoms with van der Waals surface area (Å²) in [5, 5.41) is 0. The second-order valence-corrected chi connectivity index (χ2v) is 6.09. The molecule has 0 aliphatic heterocycles. The number of carbonyl (C=O) groups excluding carboxylic acids is 1. The van der Waals surface area contributed by atoms with Crippen molar-refractivity contribution in [3.63, 3.8) is 0 Å². The topological polar surface area (TPSA) is 36.4 Å². The van der Waals surface area contributed by atoms with Gasteiger partial charge in [-0.1, -0.05) is 30.3 Å². The summed E-state index contributed by atoms with van der Waals surface area (Å²) in [6.07, 6.45) is 1.79. The number of carbonyl (C=O) groups is 1. The molecule has 1 aromatic heterocycles. The molecule has 1 aromatic carbocycles. The van der Waals surface area contributed by atoms with Crippen molar-refractivity contribution in [3.05, 3.63) is 59.9 Å². The van der Waals surface area contributed by atoms with Gasteiger partial charge >= 0.3 is 0 Å². The van der Waals surface area contributed by atoms with Gasteiger partial charge in [-0.25, -0.2) is 4.98 Å². The predicted molar refractivity (Wildman–Crippen MR) is 99.2 cm³/mol. The number of rotatable bonds is 7. The van der Waals surface area contributed by atoms with Crippen molar-refractivity contribution >= 4 is 11.6 Å². The van der Waals surface area contributed by atoms with Crippen molar-refractivity contribution in [2.45, 2.75) is 40.3 Å². The molecule has 1 heterocycles. The smallest absolute Gasteiger partial charge is 0.272 e. The van der Waals surface area contributed by atoms with Gasteiger partial charge in [-0.2, -0.15) is 0 Å². The summed E-state index contributed by atoms with van der Waals surface area (Å²) in [4.78, 5) is 21.3. The molecule has 0 aliphatic carbocycles. The zero-order valence-electron chi connectivity index (χ0n) is 15.1. The van der Waals surface area contributed by atoms with E-state index in [0.29, 0.717) is 12.2 Å². The molecule has 128 valence electrons. The maximum absolute atomic E-state index is 12.9. The van der Waals surface area contributed by atoms with Crippen LogP contribution in [0.25, 0.3) is 0 Å². The Morgan fingerprint density at radius 3 is 2.21 bits per heavy atom. The molecule has 0 fully saturated rings. The molecular weight excluding hydrogens is 298 g/mol. The summed E-state index contributed by atoms with van der Waals surface area (Å²) in [6, 6.07) is 14.0. The molecule has 1 amide bonds. The first-order chi connectivity index (χ1) is 11.6. The average Bonchev–Trinajstić information content (AvgIpc) is 2.61. The highest BCUT2D eigenvalue weighted by Crippen LogP contribution is 2.16. The van der Waals surface area contributed by atoms with Crippen molar-refractivity contribution in [1.82, 2.24) is 9.88 Å². The number of aromatic nitrogens is 1. The van der Waals surface area contributed by atoms with Gasteiger partial charge in [-0.15, -0.1) is 0 Å². The van der Waals surface area contributed by atoms with Gasteiger partial charge in [-0.05, 0) is 45.4 Å². The molecule has 0 bridgehead atoms. The Kier molecular flexibility index (Phi) is 6.36. The number of benzene rings is 1. The van der Waals surface area contributed by atoms with Crippen molar-refractivity contribution < 1.29 is 4.79 Å². The van der Waals surface area contributed by atoms with Crippen LogP contribution in [-0.4, -0.2) is 34.9 Å². The van der Waals surface area contributed by atoms with Crippen LogP contribution in [0.3, 0.4) is 0 Å². The van der Waals surface area contributed by atoms with Gasteiger partial charge in [0.2, 0.25) is 0 Å². The van der Waals surface area contributed by atoms with Gasteiger partial charge in [-0.3, -0.25) is 4.79 Å². The third-order valence-corrected chi connectivity index (χ3v) is 4.18. The Hall–Kier alpha value is -2.36. The molecule has 2 aromatic rings. The molecule has 4 nitrogen and oxygen atoms in total. The lowest BCUT2D eigenvalue weighted by atomic mass is 10.1. The Bertz CT molecular complexity index is 634. The largest absolute Gasteiger partial charge is 0.371 e. The van der Waals surface area contributed by atoms with E-state index in [2.05, 4.69) is 23.7 Å². The standard InChI is InChI=1S/C20H27N3O/c1-5-22(6-2)18-12-13-19(21-14-18)20(24)23(16(3)4)15-17-10-8-7-9-11-17/h7-14,16H,5-6,15H2,1-4H3. The fourth-order valence-corrected chi connectivity index (χ4v) is 2.70. The van der Waals surface area contributed by atoms with Crippen LogP contribution < -0.4 is 4.90 Å². The minimum atomic E-state index is -0.0278. The van der Waals surface area contributed by atoms with E-state index in [1.807, 2.05) is 61.2 Å². The van der Waals surface area contributed by atoms with Crippen LogP contribution in [0, 0.1) is 0 Å². The van der Waals surface area contributed by atoms with Crippen LogP contribution in [0.15, 0.2) is 48.7 Å². The summed E-state index contributed by atoms with van der Waals surface area (Å²) in [5.41, 5.74) is 2.67. The number of amides is 1. The molecule has 0 aliphatic rings. The second kappa shape index (κ2) is 8.48. The lowest BCUT2D eigenvalue weighted by molar-refractivity contribution is 0.0684. The summed E-state index contributed by atoms with van der Waals surface area (Å²) in [7, 11) is 0. The van der Waals surface area contributed by atoms with E-state index in [-0.39, 0.29) is 11.9 Å². The van der Waals surface area contributed by atoms with Crippen LogP contribution in [-0.2, 0) is 6.54 Å². The Morgan fingerprint density at radius 1 is 1.04 bits per heavy atom. The first-order valence-electron chi connectivity index (χ1n) is 8.62. The summed E-state index contributed by atoms with van der Waals surface area (Å²) < 4.78 is 0. The number of hydrogen-bond acceptors (Lipinski definition) is 3. The molecule has 0 unspecified atom stereocenters. The van der Waals surface area contributed by atoms with E-state index in [0.717, 1.165) is 24.3 Å². The van der Waals surface area contributed by atoms with Crippen molar-refractivity contribution in [2.75, 3.05) is 18.0 Å². The van der Waals surface area contributed by atoms with Gasteiger partial charge in [0.25, 0.3) is 5.91 Å². The van der Waals surface area contributed by atoms with Gasteiger partial charge in [0.05, 0.1) is 11.9 Å². The second-order valence-electron chi connectivity index (χ2n) is 6.09. The van der Waals surface area contributed by atoms with Gasteiger partial charge in [0.15, 0.2) is 0 Å². The molecule has 0 N–H and O–H groups in total. The molecule has 24 heavy (non-hydrogen) atoms. The van der Waals surface area contributed by atoms with Crippen LogP contribution >= 0.6 is 0 Å². The fraction of sp³-hybridized carbons (Fsp3) is 0.400. The molecule has 0 saturated carbocycles. The maximum Gasteiger partial charge on any atom is 0.272 e. The van der Waals surface area contributed by atoms with Crippen LogP contribution in [0.5, 0.6) is 0 Å². The Labute approximate surface area is 145 Å². The van der Waals surface area contributed by atoms with Crippen molar-refractivity contribution in [3.8, 4) is 0 Å². The first-order valence-corrected chi connectivity index (χ1v) is 8.62. The van der Waals surface area contributed by atoms with Crippen LogP contribution in [0.2, 0.25) is 0 Å². The molecule has 0 spiro atoms. The SMILES string of the molecule is CCN(CC)c1ccc(C(=O)N(Cc2ccccc2)C(C)C)nc1. The third kappa shape index (κ3) is 4.34. The quantitative estimate of drug-likeness (QED) is 0.772. The van der Waals surface area contributed by atoms with Crippen LogP contribution in [0.1, 0.15) is 43.7 Å². The van der Waals surface area contributed by atoms with Gasteiger partial charge < -0.3 is 9.80 Å². The molecule has 2 rings (SSSR count). The number of nitrogens with zero attached hydrogens (tertiary/aromatic N) is 3. The molecule has 0 radical (unpaired) electrons. The highest BCUT2D eigenvalue weighted by atomic mass is 16.2. The van der Waals surface area contributed by atoms with Crippen molar-refractivity contribution in [2.24, 2.45) is 0 Å². The molecule has 0 atom stereocenters. The molecule has 4 heteroatoms. The highest BCUT2D eigenvalue weighted by molar-refractivity contribution is 5.92. The predicted octanol–water partition coefficient (Wildman–Crippen LogP) is 3.98. The highest BCUT2D eigenvalue weighted by Gasteiger charge is 2.20. The maximum atomic E-state index is 12.9. The van der Waals surface area contributed by atoms with E-state index in [9.17, 15) is 4.79 Å². The number of pyridine rings is 1. The van der Waals surface area contributed by atoms with Crippen molar-refractivity contribution in [1.29, 1.82) is 0 Å². The van der Waals surface area contributed by atoms with E-state index in [1.54, 1.807) is 6.20 Å². The van der Waals surface area contributed by atoms with Gasteiger partial charge in [0.1, 0.15) is 5.69 Å². The Balaban J connectivity index is 2.17. The first kappa shape index (κ1) is 18.0. The molecule has 0 saturated heterocycles. The Morgan fingerprint density at radius 2 is 1.71 bits per heavy atom. The van der Waals surface area contributed by atoms with E-state index < -0.39 is 0 Å². The normalized spacial score (nSPS) is 10.7. The lowest BCUT2D eigenvalue weighted by Crippen LogP contribution is -2.36. The van der Waals surface area contributed by atoms with E-state index in [1.165, 1.54) is 0 Å². The minimum absolute atomic E-state index is 0.0278. The molecular formula is C20H27N3O. The van der Waals surface area contributed by atoms with Gasteiger partial charge in [0, 0.05) is 25.7 Å². The van der Waals surface area contributed by atoms with Crippen LogP contribution in [0.4, 0.5) is 5.69 Å². The summed E-state index contributed by atoms with van der Waals surface area (Å²) in [6.45, 7) is 10.7. The van der Waals surface area contributed by atoms with E-state index in [4.69, 9.17) is 0 Å². The number of anilines is 1. The zero-order chi connectivity index (χ0) is 17.5. The fourth-order valence-electron chi connectivity index (χ4n) is 2.70. The zero-order valence-corrected chi connectivity index (χ0v) is 15.1. The average molecular weight is 325 g/mol. The minimum Gasteiger partial charge on any atom is -0.371 e. The monoisotopic (exact) mass is 325 g/mol. The van der Waals surface area contributed by atoms with E-state index >= 15 is 0 Å². The number of hydrogen-bond donors (Lipinski definition) is 0. The summed E-state index contributed by atoms with van der Waals surface area (Å²) >= 11 is 0. The lowest BCUT2D eigenvalue weighted by Gasteiger charge is -2.27. The third-order valence-electron chi connectivity index (χ3n) is 4.18.